The van der Waals surface area contributed by atoms with Gasteiger partial charge in [0, 0.05) is 33.8 Å². The molecule has 51 heavy (non-hydrogen) atoms. The Balaban J connectivity index is 1.73. The van der Waals surface area contributed by atoms with Gasteiger partial charge in [0.15, 0.2) is 18.0 Å². The number of rotatable bonds is 15. The minimum atomic E-state index is -1.53. The van der Waals surface area contributed by atoms with Crippen LogP contribution >= 0.6 is 0 Å². The molecule has 2 heterocycles. The molecule has 0 radical (unpaired) electrons. The van der Waals surface area contributed by atoms with Gasteiger partial charge >= 0.3 is 35.5 Å². The van der Waals surface area contributed by atoms with Crippen LogP contribution in [0.4, 0.5) is 0 Å². The SMILES string of the molecule is CCCCCCOc1c(OC(=O)c2ccccc2)c(=O)oc2cc(O[C@H]3O[C@H](COC(C)=O)[C@@H](OC(C)=O)[C@H](OC(C)=O)[C@@H]3OC(C)=O)ccc12. The third-order valence-electron chi connectivity index (χ3n) is 7.44. The maximum absolute atomic E-state index is 13.3. The van der Waals surface area contributed by atoms with Crippen molar-refractivity contribution >= 4 is 40.8 Å². The average molecular weight is 713 g/mol. The largest absolute Gasteiger partial charge is 0.489 e. The molecule has 1 aromatic heterocycles. The van der Waals surface area contributed by atoms with E-state index in [0.717, 1.165) is 47.0 Å². The Labute approximate surface area is 293 Å². The van der Waals surface area contributed by atoms with Crippen molar-refractivity contribution in [3.8, 4) is 17.2 Å². The van der Waals surface area contributed by atoms with Gasteiger partial charge < -0.3 is 42.3 Å². The van der Waals surface area contributed by atoms with Gasteiger partial charge in [0.05, 0.1) is 17.6 Å². The Morgan fingerprint density at radius 3 is 2.06 bits per heavy atom. The molecule has 0 N–H and O–H groups in total. The van der Waals surface area contributed by atoms with E-state index >= 15 is 0 Å². The molecule has 1 fully saturated rings. The van der Waals surface area contributed by atoms with Crippen LogP contribution in [-0.4, -0.2) is 73.8 Å². The summed E-state index contributed by atoms with van der Waals surface area (Å²) in [6, 6.07) is 12.4. The van der Waals surface area contributed by atoms with Gasteiger partial charge in [-0.3, -0.25) is 19.2 Å². The summed E-state index contributed by atoms with van der Waals surface area (Å²) in [5.41, 5.74) is -0.814. The zero-order valence-electron chi connectivity index (χ0n) is 28.9. The number of hydrogen-bond donors (Lipinski definition) is 0. The van der Waals surface area contributed by atoms with E-state index in [1.54, 1.807) is 18.2 Å². The van der Waals surface area contributed by atoms with E-state index in [1.807, 2.05) is 0 Å². The Morgan fingerprint density at radius 2 is 1.41 bits per heavy atom. The smallest absolute Gasteiger partial charge is 0.383 e. The number of esters is 5. The van der Waals surface area contributed by atoms with Crippen LogP contribution in [0.25, 0.3) is 11.0 Å². The second-order valence-electron chi connectivity index (χ2n) is 11.6. The van der Waals surface area contributed by atoms with Crippen molar-refractivity contribution in [3.63, 3.8) is 0 Å². The third-order valence-corrected chi connectivity index (χ3v) is 7.44. The van der Waals surface area contributed by atoms with Crippen LogP contribution in [0, 0.1) is 0 Å². The molecule has 1 aliphatic rings. The van der Waals surface area contributed by atoms with Crippen molar-refractivity contribution in [3.05, 3.63) is 64.5 Å². The van der Waals surface area contributed by atoms with E-state index in [4.69, 9.17) is 42.3 Å². The van der Waals surface area contributed by atoms with Crippen LogP contribution in [-0.2, 0) is 42.9 Å². The number of fused-ring (bicyclic) bond motifs is 1. The molecule has 3 aromatic rings. The summed E-state index contributed by atoms with van der Waals surface area (Å²) < 4.78 is 50.6. The monoisotopic (exact) mass is 712 g/mol. The Morgan fingerprint density at radius 1 is 0.745 bits per heavy atom. The van der Waals surface area contributed by atoms with Gasteiger partial charge in [-0.1, -0.05) is 44.4 Å². The highest BCUT2D eigenvalue weighted by molar-refractivity contribution is 5.93. The second-order valence-corrected chi connectivity index (χ2v) is 11.6. The lowest BCUT2D eigenvalue weighted by Gasteiger charge is -2.43. The minimum Gasteiger partial charge on any atom is -0.489 e. The first-order valence-corrected chi connectivity index (χ1v) is 16.4. The predicted octanol–water partition coefficient (Wildman–Crippen LogP) is 4.43. The molecule has 1 saturated heterocycles. The van der Waals surface area contributed by atoms with Crippen molar-refractivity contribution in [1.82, 2.24) is 0 Å². The van der Waals surface area contributed by atoms with Crippen LogP contribution in [0.1, 0.15) is 70.7 Å². The van der Waals surface area contributed by atoms with E-state index in [1.165, 1.54) is 30.3 Å². The van der Waals surface area contributed by atoms with E-state index in [-0.39, 0.29) is 34.6 Å². The molecule has 0 spiro atoms. The fourth-order valence-corrected chi connectivity index (χ4v) is 5.29. The minimum absolute atomic E-state index is 0.0131. The van der Waals surface area contributed by atoms with Crippen LogP contribution in [0.2, 0.25) is 0 Å². The highest BCUT2D eigenvalue weighted by Crippen LogP contribution is 2.37. The summed E-state index contributed by atoms with van der Waals surface area (Å²) in [5, 5.41) is 0.273. The van der Waals surface area contributed by atoms with Crippen LogP contribution in [0.3, 0.4) is 0 Å². The first-order valence-electron chi connectivity index (χ1n) is 16.4. The normalized spacial score (nSPS) is 19.7. The molecule has 0 saturated carbocycles. The summed E-state index contributed by atoms with van der Waals surface area (Å²) in [6.07, 6.45) is -3.57. The van der Waals surface area contributed by atoms with E-state index in [0.29, 0.717) is 6.42 Å². The van der Waals surface area contributed by atoms with Crippen LogP contribution in [0.15, 0.2) is 57.7 Å². The number of benzene rings is 2. The zero-order valence-corrected chi connectivity index (χ0v) is 28.9. The second kappa shape index (κ2) is 18.0. The molecule has 0 aliphatic carbocycles. The number of unbranched alkanes of at least 4 members (excludes halogenated alkanes) is 3. The third kappa shape index (κ3) is 10.5. The lowest BCUT2D eigenvalue weighted by molar-refractivity contribution is -0.288. The fourth-order valence-electron chi connectivity index (χ4n) is 5.29. The first kappa shape index (κ1) is 38.4. The number of hydrogen-bond acceptors (Lipinski definition) is 15. The predicted molar refractivity (Wildman–Crippen MR) is 176 cm³/mol. The molecule has 15 nitrogen and oxygen atoms in total. The summed E-state index contributed by atoms with van der Waals surface area (Å²) in [6.45, 7) is 6.30. The molecular formula is C36H40O15. The van der Waals surface area contributed by atoms with E-state index < -0.39 is 78.5 Å². The number of ether oxygens (including phenoxy) is 8. The lowest BCUT2D eigenvalue weighted by Crippen LogP contribution is -2.63. The van der Waals surface area contributed by atoms with E-state index in [2.05, 4.69) is 6.92 Å². The van der Waals surface area contributed by atoms with Gasteiger partial charge in [-0.25, -0.2) is 9.59 Å². The van der Waals surface area contributed by atoms with Gasteiger partial charge in [0.25, 0.3) is 5.75 Å². The summed E-state index contributed by atoms with van der Waals surface area (Å²) >= 11 is 0. The summed E-state index contributed by atoms with van der Waals surface area (Å²) in [7, 11) is 0. The van der Waals surface area contributed by atoms with E-state index in [9.17, 15) is 28.8 Å². The van der Waals surface area contributed by atoms with Crippen LogP contribution < -0.4 is 19.8 Å². The molecule has 2 aromatic carbocycles. The van der Waals surface area contributed by atoms with Gasteiger partial charge in [-0.05, 0) is 30.7 Å². The number of carbonyl (C=O) groups is 5. The summed E-state index contributed by atoms with van der Waals surface area (Å²) in [5.74, 6) is -4.28. The highest BCUT2D eigenvalue weighted by atomic mass is 16.7. The maximum atomic E-state index is 13.3. The Kier molecular flexibility index (Phi) is 13.5. The average Bonchev–Trinajstić information content (AvgIpc) is 3.07. The molecule has 1 aliphatic heterocycles. The molecule has 274 valence electrons. The van der Waals surface area contributed by atoms with Crippen molar-refractivity contribution in [2.24, 2.45) is 0 Å². The fraction of sp³-hybridized carbons (Fsp3) is 0.444. The molecule has 0 amide bonds. The molecule has 0 unspecified atom stereocenters. The zero-order chi connectivity index (χ0) is 37.1. The Hall–Kier alpha value is -5.44. The maximum Gasteiger partial charge on any atom is 0.383 e. The number of carbonyl (C=O) groups excluding carboxylic acids is 5. The standard InChI is InChI=1S/C36H40O15/c1-6-7-8-12-17-43-29-26-16-15-25(18-27(26)49-35(42)32(29)51-34(41)24-13-10-9-11-14-24)48-36-33(47-23(5)40)31(46-22(4)39)30(45-21(3)38)28(50-36)19-44-20(2)37/h9-11,13-16,18,28,30-31,33,36H,6-8,12,17,19H2,1-5H3/t28-,30-,31+,33+,36+/m1/s1. The first-order chi connectivity index (χ1) is 24.4. The lowest BCUT2D eigenvalue weighted by atomic mass is 9.98. The molecule has 4 rings (SSSR count). The van der Waals surface area contributed by atoms with Gasteiger partial charge in [-0.2, -0.15) is 0 Å². The quantitative estimate of drug-likeness (QED) is 0.0930. The van der Waals surface area contributed by atoms with Gasteiger partial charge in [0.1, 0.15) is 24.0 Å². The van der Waals surface area contributed by atoms with Crippen molar-refractivity contribution < 1.29 is 66.3 Å². The summed E-state index contributed by atoms with van der Waals surface area (Å²) in [4.78, 5) is 74.3. The molecule has 15 heteroatoms. The van der Waals surface area contributed by atoms with Crippen molar-refractivity contribution in [2.45, 2.75) is 91.0 Å². The molecule has 0 bridgehead atoms. The van der Waals surface area contributed by atoms with Gasteiger partial charge in [-0.15, -0.1) is 0 Å². The highest BCUT2D eigenvalue weighted by Gasteiger charge is 2.53. The van der Waals surface area contributed by atoms with Crippen LogP contribution in [0.5, 0.6) is 17.2 Å². The topological polar surface area (TPSA) is 189 Å². The molecule has 5 atom stereocenters. The van der Waals surface area contributed by atoms with Crippen molar-refractivity contribution in [1.29, 1.82) is 0 Å². The Bertz CT molecular complexity index is 1770. The molecular weight excluding hydrogens is 672 g/mol. The van der Waals surface area contributed by atoms with Gasteiger partial charge in [0.2, 0.25) is 12.4 Å². The van der Waals surface area contributed by atoms with Crippen molar-refractivity contribution in [2.75, 3.05) is 13.2 Å².